The summed E-state index contributed by atoms with van der Waals surface area (Å²) in [6.45, 7) is 1.18. The molecule has 5 heteroatoms. The van der Waals surface area contributed by atoms with Crippen LogP contribution in [0.4, 0.5) is 0 Å². The molecule has 1 aromatic heterocycles. The quantitative estimate of drug-likeness (QED) is 0.468. The molecule has 0 aliphatic heterocycles. The first-order chi connectivity index (χ1) is 11.7. The van der Waals surface area contributed by atoms with E-state index in [4.69, 9.17) is 10.1 Å². The average Bonchev–Trinajstić information content (AvgIpc) is 2.87. The maximum Gasteiger partial charge on any atom is 0.202 e. The van der Waals surface area contributed by atoms with E-state index in [1.54, 1.807) is 0 Å². The Morgan fingerprint density at radius 2 is 1.56 bits per heavy atom. The molecule has 0 aliphatic carbocycles. The van der Waals surface area contributed by atoms with Crippen LogP contribution < -0.4 is 10.4 Å². The van der Waals surface area contributed by atoms with Crippen LogP contribution in [0, 0.1) is 5.41 Å². The molecule has 1 heterocycles. The van der Waals surface area contributed by atoms with Crippen molar-refractivity contribution in [2.24, 2.45) is 7.05 Å². The predicted octanol–water partition coefficient (Wildman–Crippen LogP) is 4.31. The van der Waals surface area contributed by atoms with E-state index in [9.17, 15) is 0 Å². The largest absolute Gasteiger partial charge is 0.492 e. The molecule has 0 bridgehead atoms. The van der Waals surface area contributed by atoms with Gasteiger partial charge in [-0.25, -0.2) is 0 Å². The van der Waals surface area contributed by atoms with Crippen molar-refractivity contribution < 1.29 is 4.74 Å². The number of nitrogens with one attached hydrogen (secondary N) is 1. The molecule has 128 valence electrons. The summed E-state index contributed by atoms with van der Waals surface area (Å²) in [7, 11) is 1.92. The van der Waals surface area contributed by atoms with Gasteiger partial charge in [-0.05, 0) is 35.0 Å². The van der Waals surface area contributed by atoms with Gasteiger partial charge < -0.3 is 13.9 Å². The number of ether oxygens (including phenoxy) is 1. The molecule has 4 aromatic rings. The summed E-state index contributed by atoms with van der Waals surface area (Å²) in [6.07, 6.45) is 0. The predicted molar refractivity (Wildman–Crippen MR) is 112 cm³/mol. The van der Waals surface area contributed by atoms with Crippen LogP contribution in [0.1, 0.15) is 0 Å². The highest BCUT2D eigenvalue weighted by Crippen LogP contribution is 2.20. The molecular formula is C20H20IN3O. The second-order valence-electron chi connectivity index (χ2n) is 5.88. The molecule has 0 spiro atoms. The molecule has 25 heavy (non-hydrogen) atoms. The number of benzene rings is 3. The van der Waals surface area contributed by atoms with Crippen LogP contribution in [0.3, 0.4) is 0 Å². The summed E-state index contributed by atoms with van der Waals surface area (Å²) in [5, 5.41) is 10.7. The summed E-state index contributed by atoms with van der Waals surface area (Å²) < 4.78 is 9.79. The Bertz CT molecular complexity index is 1080. The highest BCUT2D eigenvalue weighted by Gasteiger charge is 2.07. The lowest BCUT2D eigenvalue weighted by atomic mass is 10.1. The van der Waals surface area contributed by atoms with E-state index in [0.29, 0.717) is 18.8 Å². The number of aromatic nitrogens is 2. The van der Waals surface area contributed by atoms with Crippen molar-refractivity contribution in [3.05, 3.63) is 72.3 Å². The van der Waals surface area contributed by atoms with Crippen molar-refractivity contribution in [2.75, 3.05) is 6.61 Å². The van der Waals surface area contributed by atoms with E-state index in [-0.39, 0.29) is 24.0 Å². The van der Waals surface area contributed by atoms with E-state index in [0.717, 1.165) is 16.8 Å². The van der Waals surface area contributed by atoms with E-state index in [1.807, 2.05) is 58.6 Å². The Hall–Kier alpha value is -2.28. The lowest BCUT2D eigenvalue weighted by Crippen LogP contribution is -2.24. The summed E-state index contributed by atoms with van der Waals surface area (Å²) in [5.74, 6) is 0.862. The Morgan fingerprint density at radius 3 is 2.36 bits per heavy atom. The topological polar surface area (TPSA) is 42.9 Å². The van der Waals surface area contributed by atoms with Crippen molar-refractivity contribution in [2.45, 2.75) is 6.54 Å². The Labute approximate surface area is 163 Å². The first kappa shape index (κ1) is 17.5. The second kappa shape index (κ2) is 7.31. The molecule has 0 fully saturated rings. The molecule has 0 saturated heterocycles. The van der Waals surface area contributed by atoms with Crippen LogP contribution in [-0.4, -0.2) is 15.7 Å². The van der Waals surface area contributed by atoms with Gasteiger partial charge >= 0.3 is 0 Å². The summed E-state index contributed by atoms with van der Waals surface area (Å²) in [5.41, 5.74) is 2.61. The summed E-state index contributed by atoms with van der Waals surface area (Å²) in [6, 6.07) is 22.5. The smallest absolute Gasteiger partial charge is 0.202 e. The first-order valence-electron chi connectivity index (χ1n) is 8.04. The highest BCUT2D eigenvalue weighted by molar-refractivity contribution is 14.0. The number of para-hydroxylation sites is 2. The fourth-order valence-corrected chi connectivity index (χ4v) is 3.12. The fourth-order valence-electron chi connectivity index (χ4n) is 3.12. The lowest BCUT2D eigenvalue weighted by molar-refractivity contribution is 0.297. The van der Waals surface area contributed by atoms with Crippen LogP contribution in [0.5, 0.6) is 5.75 Å². The van der Waals surface area contributed by atoms with Crippen molar-refractivity contribution in [1.29, 1.82) is 5.41 Å². The molecule has 3 aromatic carbocycles. The van der Waals surface area contributed by atoms with Crippen molar-refractivity contribution in [3.8, 4) is 5.75 Å². The van der Waals surface area contributed by atoms with Gasteiger partial charge in [0.05, 0.1) is 17.6 Å². The lowest BCUT2D eigenvalue weighted by Gasteiger charge is -2.09. The van der Waals surface area contributed by atoms with Crippen molar-refractivity contribution in [3.63, 3.8) is 0 Å². The third-order valence-corrected chi connectivity index (χ3v) is 4.41. The van der Waals surface area contributed by atoms with Crippen molar-refractivity contribution in [1.82, 2.24) is 9.13 Å². The highest BCUT2D eigenvalue weighted by atomic mass is 127. The van der Waals surface area contributed by atoms with E-state index >= 15 is 0 Å². The summed E-state index contributed by atoms with van der Waals surface area (Å²) >= 11 is 0. The third-order valence-electron chi connectivity index (χ3n) is 4.41. The standard InChI is InChI=1S/C20H19N3O.HI/c1-22-18-8-4-5-9-19(18)23(20(22)21)12-13-24-17-11-10-15-6-2-3-7-16(15)14-17;/h2-11,14,21H,12-13H2,1H3;1H. The monoisotopic (exact) mass is 445 g/mol. The van der Waals surface area contributed by atoms with Gasteiger partial charge in [-0.2, -0.15) is 0 Å². The molecule has 0 atom stereocenters. The zero-order valence-corrected chi connectivity index (χ0v) is 16.3. The summed E-state index contributed by atoms with van der Waals surface area (Å²) in [4.78, 5) is 0. The van der Waals surface area contributed by atoms with Gasteiger partial charge in [-0.15, -0.1) is 24.0 Å². The Morgan fingerprint density at radius 1 is 0.880 bits per heavy atom. The maximum atomic E-state index is 8.28. The number of nitrogens with zero attached hydrogens (tertiary/aromatic N) is 2. The van der Waals surface area contributed by atoms with E-state index in [2.05, 4.69) is 24.3 Å². The average molecular weight is 445 g/mol. The molecule has 0 radical (unpaired) electrons. The number of rotatable bonds is 4. The van der Waals surface area contributed by atoms with Crippen LogP contribution in [-0.2, 0) is 13.6 Å². The normalized spacial score (nSPS) is 10.8. The zero-order valence-electron chi connectivity index (χ0n) is 14.0. The number of hydrogen-bond acceptors (Lipinski definition) is 2. The molecule has 4 rings (SSSR count). The minimum atomic E-state index is 0. The fraction of sp³-hybridized carbons (Fsp3) is 0.150. The number of imidazole rings is 1. The van der Waals surface area contributed by atoms with Gasteiger partial charge in [0, 0.05) is 7.05 Å². The number of halogens is 1. The van der Waals surface area contributed by atoms with Crippen LogP contribution in [0.25, 0.3) is 21.8 Å². The molecule has 4 nitrogen and oxygen atoms in total. The van der Waals surface area contributed by atoms with E-state index in [1.165, 1.54) is 10.8 Å². The third kappa shape index (κ3) is 3.28. The van der Waals surface area contributed by atoms with Gasteiger partial charge in [0.15, 0.2) is 0 Å². The van der Waals surface area contributed by atoms with Gasteiger partial charge in [-0.1, -0.05) is 42.5 Å². The van der Waals surface area contributed by atoms with Gasteiger partial charge in [-0.3, -0.25) is 5.41 Å². The Balaban J connectivity index is 0.00000182. The zero-order chi connectivity index (χ0) is 16.5. The number of fused-ring (bicyclic) bond motifs is 2. The van der Waals surface area contributed by atoms with E-state index < -0.39 is 0 Å². The molecule has 0 unspecified atom stereocenters. The second-order valence-corrected chi connectivity index (χ2v) is 5.88. The Kier molecular flexibility index (Phi) is 5.13. The van der Waals surface area contributed by atoms with Gasteiger partial charge in [0.2, 0.25) is 5.62 Å². The van der Waals surface area contributed by atoms with Crippen molar-refractivity contribution >= 4 is 45.8 Å². The maximum absolute atomic E-state index is 8.28. The molecule has 0 saturated carbocycles. The molecular weight excluding hydrogens is 425 g/mol. The van der Waals surface area contributed by atoms with Crippen LogP contribution in [0.15, 0.2) is 66.7 Å². The molecule has 0 amide bonds. The number of hydrogen-bond donors (Lipinski definition) is 1. The molecule has 1 N–H and O–H groups in total. The van der Waals surface area contributed by atoms with Crippen LogP contribution >= 0.6 is 24.0 Å². The SMILES string of the molecule is Cn1c(=N)n(CCOc2ccc3ccccc3c2)c2ccccc21.I. The number of aryl methyl sites for hydroxylation is 1. The minimum Gasteiger partial charge on any atom is -0.492 e. The van der Waals surface area contributed by atoms with Gasteiger partial charge in [0.25, 0.3) is 0 Å². The minimum absolute atomic E-state index is 0. The van der Waals surface area contributed by atoms with Gasteiger partial charge in [0.1, 0.15) is 12.4 Å². The molecule has 0 aliphatic rings. The first-order valence-corrected chi connectivity index (χ1v) is 8.04. The van der Waals surface area contributed by atoms with Crippen LogP contribution in [0.2, 0.25) is 0 Å².